The number of piperazine rings is 1. The SMILES string of the molecule is O=S(=O)(CCN1CCNCC1)NCCOCC(F)F. The summed E-state index contributed by atoms with van der Waals surface area (Å²) in [7, 11) is -3.36. The standard InChI is InChI=1S/C10H21F2N3O3S/c11-10(12)9-18-7-3-14-19(16,17)8-6-15-4-1-13-2-5-15/h10,13-14H,1-9H2. The van der Waals surface area contributed by atoms with E-state index in [2.05, 4.69) is 19.7 Å². The van der Waals surface area contributed by atoms with Crippen molar-refractivity contribution >= 4 is 10.0 Å². The number of nitrogens with one attached hydrogen (secondary N) is 2. The zero-order valence-corrected chi connectivity index (χ0v) is 11.6. The van der Waals surface area contributed by atoms with Crippen LogP contribution in [0.2, 0.25) is 0 Å². The lowest BCUT2D eigenvalue weighted by Crippen LogP contribution is -2.46. The van der Waals surface area contributed by atoms with E-state index in [1.807, 2.05) is 0 Å². The van der Waals surface area contributed by atoms with Gasteiger partial charge >= 0.3 is 0 Å². The second kappa shape index (κ2) is 8.75. The van der Waals surface area contributed by atoms with Crippen molar-refractivity contribution in [1.29, 1.82) is 0 Å². The van der Waals surface area contributed by atoms with Crippen molar-refractivity contribution < 1.29 is 21.9 Å². The van der Waals surface area contributed by atoms with E-state index in [9.17, 15) is 17.2 Å². The van der Waals surface area contributed by atoms with Crippen molar-refractivity contribution in [3.8, 4) is 0 Å². The van der Waals surface area contributed by atoms with Gasteiger partial charge in [0.05, 0.1) is 12.4 Å². The highest BCUT2D eigenvalue weighted by Gasteiger charge is 2.15. The monoisotopic (exact) mass is 301 g/mol. The van der Waals surface area contributed by atoms with Crippen LogP contribution >= 0.6 is 0 Å². The molecule has 0 radical (unpaired) electrons. The Hall–Kier alpha value is -0.350. The molecule has 1 heterocycles. The number of hydrogen-bond donors (Lipinski definition) is 2. The third kappa shape index (κ3) is 8.43. The number of rotatable bonds is 9. The summed E-state index contributed by atoms with van der Waals surface area (Å²) in [5, 5.41) is 3.18. The first-order chi connectivity index (χ1) is 8.99. The Labute approximate surface area is 112 Å². The Morgan fingerprint density at radius 2 is 2.00 bits per heavy atom. The summed E-state index contributed by atoms with van der Waals surface area (Å²) in [6.07, 6.45) is -2.52. The highest BCUT2D eigenvalue weighted by molar-refractivity contribution is 7.89. The summed E-state index contributed by atoms with van der Waals surface area (Å²) in [6, 6.07) is 0. The fourth-order valence-electron chi connectivity index (χ4n) is 1.70. The van der Waals surface area contributed by atoms with E-state index in [1.54, 1.807) is 0 Å². The summed E-state index contributed by atoms with van der Waals surface area (Å²) >= 11 is 0. The predicted octanol–water partition coefficient (Wildman–Crippen LogP) is -0.907. The molecule has 2 N–H and O–H groups in total. The van der Waals surface area contributed by atoms with Gasteiger partial charge in [-0.25, -0.2) is 21.9 Å². The maximum atomic E-state index is 11.7. The van der Waals surface area contributed by atoms with Crippen LogP contribution in [0.3, 0.4) is 0 Å². The number of nitrogens with zero attached hydrogens (tertiary/aromatic N) is 1. The van der Waals surface area contributed by atoms with Gasteiger partial charge in [0.1, 0.15) is 6.61 Å². The van der Waals surface area contributed by atoms with Gasteiger partial charge in [0.2, 0.25) is 10.0 Å². The predicted molar refractivity (Wildman–Crippen MR) is 67.9 cm³/mol. The van der Waals surface area contributed by atoms with Crippen LogP contribution in [0.5, 0.6) is 0 Å². The van der Waals surface area contributed by atoms with E-state index in [1.165, 1.54) is 0 Å². The van der Waals surface area contributed by atoms with Gasteiger partial charge in [0.25, 0.3) is 6.43 Å². The summed E-state index contributed by atoms with van der Waals surface area (Å²) in [5.74, 6) is 0.0157. The van der Waals surface area contributed by atoms with Gasteiger partial charge in [-0.1, -0.05) is 0 Å². The molecule has 0 atom stereocenters. The van der Waals surface area contributed by atoms with E-state index >= 15 is 0 Å². The lowest BCUT2D eigenvalue weighted by molar-refractivity contribution is 0.0199. The Morgan fingerprint density at radius 3 is 2.63 bits per heavy atom. The summed E-state index contributed by atoms with van der Waals surface area (Å²) in [4.78, 5) is 2.07. The van der Waals surface area contributed by atoms with Crippen LogP contribution in [-0.2, 0) is 14.8 Å². The molecule has 114 valence electrons. The van der Waals surface area contributed by atoms with E-state index in [0.29, 0.717) is 6.54 Å². The molecule has 6 nitrogen and oxygen atoms in total. The molecule has 1 saturated heterocycles. The fourth-order valence-corrected chi connectivity index (χ4v) is 2.74. The van der Waals surface area contributed by atoms with E-state index in [-0.39, 0.29) is 18.9 Å². The Kier molecular flexibility index (Phi) is 7.69. The van der Waals surface area contributed by atoms with Gasteiger partial charge in [-0.3, -0.25) is 4.90 Å². The molecule has 1 fully saturated rings. The topological polar surface area (TPSA) is 70.7 Å². The normalized spacial score (nSPS) is 18.1. The van der Waals surface area contributed by atoms with Gasteiger partial charge < -0.3 is 10.1 Å². The Morgan fingerprint density at radius 1 is 1.32 bits per heavy atom. The molecule has 0 aliphatic carbocycles. The largest absolute Gasteiger partial charge is 0.374 e. The molecule has 0 saturated carbocycles. The molecule has 1 aliphatic heterocycles. The highest BCUT2D eigenvalue weighted by Crippen LogP contribution is 1.95. The lowest BCUT2D eigenvalue weighted by atomic mass is 10.4. The summed E-state index contributed by atoms with van der Waals surface area (Å²) in [5.41, 5.74) is 0. The Balaban J connectivity index is 2.09. The second-order valence-corrected chi connectivity index (χ2v) is 6.20. The molecule has 0 aromatic rings. The van der Waals surface area contributed by atoms with Gasteiger partial charge in [0, 0.05) is 39.3 Å². The summed E-state index contributed by atoms with van der Waals surface area (Å²) in [6.45, 7) is 3.22. The third-order valence-electron chi connectivity index (χ3n) is 2.70. The molecule has 1 aliphatic rings. The number of halogens is 2. The van der Waals surface area contributed by atoms with Gasteiger partial charge in [-0.15, -0.1) is 0 Å². The molecule has 0 amide bonds. The minimum Gasteiger partial charge on any atom is -0.374 e. The molecule has 0 spiro atoms. The minimum atomic E-state index is -3.36. The van der Waals surface area contributed by atoms with Crippen LogP contribution in [0, 0.1) is 0 Å². The molecule has 9 heteroatoms. The first-order valence-corrected chi connectivity index (χ1v) is 7.91. The van der Waals surface area contributed by atoms with Crippen molar-refractivity contribution in [1.82, 2.24) is 14.9 Å². The zero-order valence-electron chi connectivity index (χ0n) is 10.8. The number of hydrogen-bond acceptors (Lipinski definition) is 5. The Bertz CT molecular complexity index is 335. The van der Waals surface area contributed by atoms with Crippen LogP contribution in [0.1, 0.15) is 0 Å². The number of sulfonamides is 1. The van der Waals surface area contributed by atoms with E-state index < -0.39 is 23.1 Å². The smallest absolute Gasteiger partial charge is 0.261 e. The summed E-state index contributed by atoms with van der Waals surface area (Å²) < 4.78 is 53.6. The fraction of sp³-hybridized carbons (Fsp3) is 1.00. The minimum absolute atomic E-state index is 0.0157. The van der Waals surface area contributed by atoms with E-state index in [0.717, 1.165) is 26.2 Å². The van der Waals surface area contributed by atoms with Crippen molar-refractivity contribution in [3.63, 3.8) is 0 Å². The molecule has 19 heavy (non-hydrogen) atoms. The van der Waals surface area contributed by atoms with E-state index in [4.69, 9.17) is 0 Å². The average Bonchev–Trinajstić information content (AvgIpc) is 2.37. The first kappa shape index (κ1) is 16.7. The molecule has 0 aromatic heterocycles. The molecule has 1 rings (SSSR count). The van der Waals surface area contributed by atoms with Crippen LogP contribution in [0.4, 0.5) is 8.78 Å². The highest BCUT2D eigenvalue weighted by atomic mass is 32.2. The van der Waals surface area contributed by atoms with Gasteiger partial charge in [-0.05, 0) is 0 Å². The third-order valence-corrected chi connectivity index (χ3v) is 4.06. The molecule has 0 bridgehead atoms. The van der Waals surface area contributed by atoms with Crippen molar-refractivity contribution in [2.24, 2.45) is 0 Å². The maximum absolute atomic E-state index is 11.7. The van der Waals surface area contributed by atoms with Crippen molar-refractivity contribution in [2.45, 2.75) is 6.43 Å². The van der Waals surface area contributed by atoms with Crippen molar-refractivity contribution in [3.05, 3.63) is 0 Å². The number of alkyl halides is 2. The molecule has 0 unspecified atom stereocenters. The van der Waals surface area contributed by atoms with Crippen LogP contribution in [0.15, 0.2) is 0 Å². The van der Waals surface area contributed by atoms with Crippen LogP contribution in [0.25, 0.3) is 0 Å². The second-order valence-electron chi connectivity index (χ2n) is 4.27. The zero-order chi connectivity index (χ0) is 14.1. The van der Waals surface area contributed by atoms with Gasteiger partial charge in [-0.2, -0.15) is 0 Å². The van der Waals surface area contributed by atoms with Crippen LogP contribution in [-0.4, -0.2) is 78.0 Å². The maximum Gasteiger partial charge on any atom is 0.261 e. The quantitative estimate of drug-likeness (QED) is 0.540. The average molecular weight is 301 g/mol. The molecular weight excluding hydrogens is 280 g/mol. The molecule has 0 aromatic carbocycles. The van der Waals surface area contributed by atoms with Gasteiger partial charge in [0.15, 0.2) is 0 Å². The molecular formula is C10H21F2N3O3S. The van der Waals surface area contributed by atoms with Crippen LogP contribution < -0.4 is 10.0 Å². The van der Waals surface area contributed by atoms with Crippen molar-refractivity contribution in [2.75, 3.05) is 58.2 Å². The first-order valence-electron chi connectivity index (χ1n) is 6.26. The lowest BCUT2D eigenvalue weighted by Gasteiger charge is -2.26. The number of ether oxygens (including phenoxy) is 1.